The second kappa shape index (κ2) is 4.19. The maximum atomic E-state index is 5.82. The second-order valence-corrected chi connectivity index (χ2v) is 4.35. The predicted octanol–water partition coefficient (Wildman–Crippen LogP) is 3.38. The highest BCUT2D eigenvalue weighted by Gasteiger charge is 2.12. The number of fused-ring (bicyclic) bond motifs is 1. The molecule has 3 rings (SSSR count). The number of allylic oxidation sites excluding steroid dienone is 1. The van der Waals surface area contributed by atoms with Gasteiger partial charge in [0.2, 0.25) is 0 Å². The lowest BCUT2D eigenvalue weighted by atomic mass is 9.94. The van der Waals surface area contributed by atoms with E-state index in [1.807, 2.05) is 6.07 Å². The third-order valence-electron chi connectivity index (χ3n) is 3.35. The number of hydrogen-bond acceptors (Lipinski definition) is 1. The average Bonchev–Trinajstić information content (AvgIpc) is 2.86. The first-order valence-electron chi connectivity index (χ1n) is 5.97. The van der Waals surface area contributed by atoms with Gasteiger partial charge >= 0.3 is 0 Å². The molecule has 0 saturated heterocycles. The van der Waals surface area contributed by atoms with E-state index in [0.717, 1.165) is 6.42 Å². The summed E-state index contributed by atoms with van der Waals surface area (Å²) < 4.78 is 0. The van der Waals surface area contributed by atoms with Gasteiger partial charge in [-0.3, -0.25) is 0 Å². The molecule has 1 heteroatoms. The van der Waals surface area contributed by atoms with Crippen LogP contribution >= 0.6 is 0 Å². The molecule has 84 valence electrons. The number of rotatable bonds is 2. The minimum absolute atomic E-state index is 0.587. The molecule has 0 radical (unpaired) electrons. The van der Waals surface area contributed by atoms with E-state index >= 15 is 0 Å². The molecule has 0 atom stereocenters. The van der Waals surface area contributed by atoms with Gasteiger partial charge in [-0.2, -0.15) is 0 Å². The molecule has 2 N–H and O–H groups in total. The highest BCUT2D eigenvalue weighted by Crippen LogP contribution is 2.32. The Morgan fingerprint density at radius 3 is 2.65 bits per heavy atom. The molecule has 0 fully saturated rings. The zero-order valence-corrected chi connectivity index (χ0v) is 9.69. The van der Waals surface area contributed by atoms with E-state index in [-0.39, 0.29) is 0 Å². The third kappa shape index (κ3) is 1.69. The van der Waals surface area contributed by atoms with Crippen molar-refractivity contribution in [1.82, 2.24) is 0 Å². The molecule has 1 aliphatic carbocycles. The smallest absolute Gasteiger partial charge is 0.0184 e. The Labute approximate surface area is 102 Å². The summed E-state index contributed by atoms with van der Waals surface area (Å²) in [6, 6.07) is 14.9. The summed E-state index contributed by atoms with van der Waals surface area (Å²) in [7, 11) is 0. The summed E-state index contributed by atoms with van der Waals surface area (Å²) in [6.07, 6.45) is 5.49. The van der Waals surface area contributed by atoms with E-state index in [0.29, 0.717) is 6.54 Å². The van der Waals surface area contributed by atoms with Crippen molar-refractivity contribution in [2.75, 3.05) is 0 Å². The van der Waals surface area contributed by atoms with Crippen LogP contribution in [0.4, 0.5) is 0 Å². The van der Waals surface area contributed by atoms with Crippen LogP contribution in [0.25, 0.3) is 17.2 Å². The Morgan fingerprint density at radius 2 is 1.76 bits per heavy atom. The van der Waals surface area contributed by atoms with Crippen LogP contribution in [0, 0.1) is 0 Å². The molecule has 0 bridgehead atoms. The van der Waals surface area contributed by atoms with Crippen LogP contribution in [-0.4, -0.2) is 0 Å². The van der Waals surface area contributed by atoms with Gasteiger partial charge in [0.15, 0.2) is 0 Å². The zero-order chi connectivity index (χ0) is 11.7. The molecule has 17 heavy (non-hydrogen) atoms. The van der Waals surface area contributed by atoms with Crippen molar-refractivity contribution < 1.29 is 0 Å². The average molecular weight is 221 g/mol. The first kappa shape index (κ1) is 10.3. The van der Waals surface area contributed by atoms with Crippen molar-refractivity contribution in [2.24, 2.45) is 5.73 Å². The summed E-state index contributed by atoms with van der Waals surface area (Å²) >= 11 is 0. The predicted molar refractivity (Wildman–Crippen MR) is 72.5 cm³/mol. The van der Waals surface area contributed by atoms with Crippen molar-refractivity contribution in [3.05, 3.63) is 65.2 Å². The van der Waals surface area contributed by atoms with E-state index in [2.05, 4.69) is 48.6 Å². The normalized spacial score (nSPS) is 12.8. The van der Waals surface area contributed by atoms with Gasteiger partial charge in [0.1, 0.15) is 0 Å². The molecular formula is C16H15N. The van der Waals surface area contributed by atoms with Gasteiger partial charge < -0.3 is 5.73 Å². The maximum Gasteiger partial charge on any atom is 0.0184 e. The van der Waals surface area contributed by atoms with Crippen molar-refractivity contribution in [3.63, 3.8) is 0 Å². The first-order chi connectivity index (χ1) is 8.40. The van der Waals surface area contributed by atoms with E-state index in [1.165, 1.54) is 27.8 Å². The van der Waals surface area contributed by atoms with Crippen LogP contribution in [0.1, 0.15) is 16.7 Å². The second-order valence-electron chi connectivity index (χ2n) is 4.35. The lowest BCUT2D eigenvalue weighted by Gasteiger charge is -2.11. The molecule has 0 aliphatic heterocycles. The standard InChI is InChI=1S/C16H15N/c17-11-13-5-1-2-8-15(13)16-10-4-7-12-6-3-9-14(12)16/h1-5,7-10H,6,11,17H2. The molecule has 1 nitrogen and oxygen atoms in total. The lowest BCUT2D eigenvalue weighted by molar-refractivity contribution is 1.07. The molecular weight excluding hydrogens is 206 g/mol. The van der Waals surface area contributed by atoms with Gasteiger partial charge in [-0.25, -0.2) is 0 Å². The van der Waals surface area contributed by atoms with Crippen molar-refractivity contribution in [3.8, 4) is 11.1 Å². The molecule has 1 aliphatic rings. The highest BCUT2D eigenvalue weighted by molar-refractivity contribution is 5.81. The van der Waals surface area contributed by atoms with Crippen molar-refractivity contribution in [2.45, 2.75) is 13.0 Å². The van der Waals surface area contributed by atoms with Crippen molar-refractivity contribution in [1.29, 1.82) is 0 Å². The fourth-order valence-electron chi connectivity index (χ4n) is 2.49. The van der Waals surface area contributed by atoms with Crippen LogP contribution in [0.3, 0.4) is 0 Å². The van der Waals surface area contributed by atoms with Gasteiger partial charge in [0, 0.05) is 6.54 Å². The molecule has 0 amide bonds. The van der Waals surface area contributed by atoms with Crippen LogP contribution in [0.15, 0.2) is 48.5 Å². The van der Waals surface area contributed by atoms with E-state index < -0.39 is 0 Å². The maximum absolute atomic E-state index is 5.82. The lowest BCUT2D eigenvalue weighted by Crippen LogP contribution is -1.99. The Balaban J connectivity index is 2.22. The minimum atomic E-state index is 0.587. The fraction of sp³-hybridized carbons (Fsp3) is 0.125. The molecule has 0 unspecified atom stereocenters. The van der Waals surface area contributed by atoms with E-state index in [1.54, 1.807) is 0 Å². The largest absolute Gasteiger partial charge is 0.326 e. The molecule has 0 spiro atoms. The van der Waals surface area contributed by atoms with E-state index in [9.17, 15) is 0 Å². The third-order valence-corrected chi connectivity index (χ3v) is 3.35. The summed E-state index contributed by atoms with van der Waals surface area (Å²) in [5.74, 6) is 0. The molecule has 2 aromatic rings. The van der Waals surface area contributed by atoms with E-state index in [4.69, 9.17) is 5.73 Å². The quantitative estimate of drug-likeness (QED) is 0.826. The van der Waals surface area contributed by atoms with Gasteiger partial charge in [-0.1, -0.05) is 54.6 Å². The number of nitrogens with two attached hydrogens (primary N) is 1. The number of benzene rings is 2. The summed E-state index contributed by atoms with van der Waals surface area (Å²) in [5.41, 5.74) is 12.4. The number of hydrogen-bond donors (Lipinski definition) is 1. The Morgan fingerprint density at radius 1 is 0.941 bits per heavy atom. The van der Waals surface area contributed by atoms with Gasteiger partial charge in [0.05, 0.1) is 0 Å². The Hall–Kier alpha value is -1.86. The first-order valence-corrected chi connectivity index (χ1v) is 5.97. The molecule has 0 heterocycles. The fourth-order valence-corrected chi connectivity index (χ4v) is 2.49. The monoisotopic (exact) mass is 221 g/mol. The van der Waals surface area contributed by atoms with Crippen LogP contribution in [0.2, 0.25) is 0 Å². The SMILES string of the molecule is NCc1ccccc1-c1cccc2c1C=CC2. The van der Waals surface area contributed by atoms with Gasteiger partial charge in [-0.05, 0) is 34.2 Å². The summed E-state index contributed by atoms with van der Waals surface area (Å²) in [5, 5.41) is 0. The van der Waals surface area contributed by atoms with Gasteiger partial charge in [-0.15, -0.1) is 0 Å². The molecule has 0 aromatic heterocycles. The molecule has 2 aromatic carbocycles. The zero-order valence-electron chi connectivity index (χ0n) is 9.69. The Bertz CT molecular complexity index is 582. The van der Waals surface area contributed by atoms with Crippen LogP contribution in [0.5, 0.6) is 0 Å². The topological polar surface area (TPSA) is 26.0 Å². The van der Waals surface area contributed by atoms with Crippen LogP contribution < -0.4 is 5.73 Å². The highest BCUT2D eigenvalue weighted by atomic mass is 14.5. The minimum Gasteiger partial charge on any atom is -0.326 e. The van der Waals surface area contributed by atoms with Crippen LogP contribution in [-0.2, 0) is 13.0 Å². The summed E-state index contributed by atoms with van der Waals surface area (Å²) in [6.45, 7) is 0.587. The summed E-state index contributed by atoms with van der Waals surface area (Å²) in [4.78, 5) is 0. The van der Waals surface area contributed by atoms with Gasteiger partial charge in [0.25, 0.3) is 0 Å². The Kier molecular flexibility index (Phi) is 2.54. The van der Waals surface area contributed by atoms with Crippen molar-refractivity contribution >= 4 is 6.08 Å². The molecule has 0 saturated carbocycles.